The quantitative estimate of drug-likeness (QED) is 0.623. The minimum absolute atomic E-state index is 0.186. The molecule has 2 amide bonds. The number of nitrogens with two attached hydrogens (primary N) is 1. The first-order chi connectivity index (χ1) is 8.04. The summed E-state index contributed by atoms with van der Waals surface area (Å²) < 4.78 is 5.06. The molecule has 0 radical (unpaired) electrons. The van der Waals surface area contributed by atoms with Gasteiger partial charge in [-0.2, -0.15) is 0 Å². The molecule has 0 spiro atoms. The highest BCUT2D eigenvalue weighted by Crippen LogP contribution is 2.24. The zero-order valence-electron chi connectivity index (χ0n) is 9.77. The van der Waals surface area contributed by atoms with E-state index in [1.807, 2.05) is 0 Å². The summed E-state index contributed by atoms with van der Waals surface area (Å²) in [6, 6.07) is 4.74. The van der Waals surface area contributed by atoms with E-state index in [-0.39, 0.29) is 24.5 Å². The smallest absolute Gasteiger partial charge is 0.261 e. The molecular weight excluding hydrogens is 220 g/mol. The lowest BCUT2D eigenvalue weighted by Crippen LogP contribution is -2.36. The van der Waals surface area contributed by atoms with Crippen LogP contribution in [-0.2, 0) is 4.74 Å². The van der Waals surface area contributed by atoms with Crippen LogP contribution in [0.5, 0.6) is 0 Å². The highest BCUT2D eigenvalue weighted by atomic mass is 16.5. The molecule has 1 aromatic rings. The van der Waals surface area contributed by atoms with Gasteiger partial charge < -0.3 is 10.5 Å². The normalized spacial score (nSPS) is 16.2. The number of rotatable bonds is 3. The van der Waals surface area contributed by atoms with Gasteiger partial charge in [0.1, 0.15) is 0 Å². The van der Waals surface area contributed by atoms with Crippen LogP contribution in [0.15, 0.2) is 18.2 Å². The molecule has 1 aliphatic rings. The Bertz CT molecular complexity index is 485. The maximum Gasteiger partial charge on any atom is 0.261 e. The Balaban J connectivity index is 2.32. The number of hydrogen-bond donors (Lipinski definition) is 1. The maximum atomic E-state index is 12.0. The standard InChI is InChI=1S/C12H14N2O3/c1-7(17-2)6-14-11(15)9-4-3-8(13)5-10(9)12(14)16/h3-5,7H,6,13H2,1-2H3. The number of imide groups is 1. The molecule has 2 N–H and O–H groups in total. The van der Waals surface area contributed by atoms with Crippen LogP contribution in [0.1, 0.15) is 27.6 Å². The molecule has 0 fully saturated rings. The number of carbonyl (C=O) groups is 2. The number of methoxy groups -OCH3 is 1. The van der Waals surface area contributed by atoms with Crippen LogP contribution in [0.3, 0.4) is 0 Å². The van der Waals surface area contributed by atoms with Crippen LogP contribution in [-0.4, -0.2) is 36.5 Å². The molecule has 0 aliphatic carbocycles. The van der Waals surface area contributed by atoms with E-state index in [1.54, 1.807) is 26.2 Å². The van der Waals surface area contributed by atoms with Crippen LogP contribution in [0, 0.1) is 0 Å². The first kappa shape index (κ1) is 11.6. The van der Waals surface area contributed by atoms with Gasteiger partial charge in [-0.05, 0) is 25.1 Å². The lowest BCUT2D eigenvalue weighted by molar-refractivity contribution is 0.0484. The predicted molar refractivity (Wildman–Crippen MR) is 62.7 cm³/mol. The Labute approximate surface area is 99.2 Å². The fraction of sp³-hybridized carbons (Fsp3) is 0.333. The van der Waals surface area contributed by atoms with E-state index in [0.29, 0.717) is 16.8 Å². The monoisotopic (exact) mass is 234 g/mol. The van der Waals surface area contributed by atoms with Gasteiger partial charge in [0.05, 0.1) is 23.8 Å². The van der Waals surface area contributed by atoms with Crippen molar-refractivity contribution < 1.29 is 14.3 Å². The third kappa shape index (κ3) is 1.89. The molecule has 0 aromatic heterocycles. The first-order valence-corrected chi connectivity index (χ1v) is 5.33. The average molecular weight is 234 g/mol. The van der Waals surface area contributed by atoms with Crippen molar-refractivity contribution in [2.24, 2.45) is 0 Å². The van der Waals surface area contributed by atoms with Crippen molar-refractivity contribution >= 4 is 17.5 Å². The molecule has 2 rings (SSSR count). The first-order valence-electron chi connectivity index (χ1n) is 5.33. The molecule has 0 saturated carbocycles. The summed E-state index contributed by atoms with van der Waals surface area (Å²) >= 11 is 0. The second-order valence-corrected chi connectivity index (χ2v) is 4.07. The van der Waals surface area contributed by atoms with Crippen LogP contribution in [0.4, 0.5) is 5.69 Å². The minimum atomic E-state index is -0.304. The Kier molecular flexibility index (Phi) is 2.85. The van der Waals surface area contributed by atoms with Gasteiger partial charge in [-0.15, -0.1) is 0 Å². The number of hydrogen-bond acceptors (Lipinski definition) is 4. The van der Waals surface area contributed by atoms with E-state index < -0.39 is 0 Å². The lowest BCUT2D eigenvalue weighted by Gasteiger charge is -2.17. The number of amides is 2. The number of benzene rings is 1. The fourth-order valence-electron chi connectivity index (χ4n) is 1.81. The molecule has 1 aliphatic heterocycles. The summed E-state index contributed by atoms with van der Waals surface area (Å²) in [5.41, 5.74) is 6.87. The van der Waals surface area contributed by atoms with Gasteiger partial charge in [0.25, 0.3) is 11.8 Å². The summed E-state index contributed by atoms with van der Waals surface area (Å²) in [5, 5.41) is 0. The van der Waals surface area contributed by atoms with E-state index in [9.17, 15) is 9.59 Å². The summed E-state index contributed by atoms with van der Waals surface area (Å²) in [6.45, 7) is 2.06. The predicted octanol–water partition coefficient (Wildman–Crippen LogP) is 0.900. The number of nitrogen functional groups attached to an aromatic ring is 1. The largest absolute Gasteiger partial charge is 0.399 e. The lowest BCUT2D eigenvalue weighted by atomic mass is 10.1. The van der Waals surface area contributed by atoms with Crippen LogP contribution >= 0.6 is 0 Å². The van der Waals surface area contributed by atoms with E-state index in [2.05, 4.69) is 0 Å². The number of fused-ring (bicyclic) bond motifs is 1. The van der Waals surface area contributed by atoms with Crippen LogP contribution in [0.2, 0.25) is 0 Å². The van der Waals surface area contributed by atoms with Gasteiger partial charge in [0.15, 0.2) is 0 Å². The van der Waals surface area contributed by atoms with Crippen LogP contribution in [0.25, 0.3) is 0 Å². The molecule has 90 valence electrons. The van der Waals surface area contributed by atoms with Crippen molar-refractivity contribution in [2.45, 2.75) is 13.0 Å². The van der Waals surface area contributed by atoms with Crippen molar-refractivity contribution in [3.05, 3.63) is 29.3 Å². The van der Waals surface area contributed by atoms with Crippen molar-refractivity contribution in [1.29, 1.82) is 0 Å². The molecule has 1 heterocycles. The minimum Gasteiger partial charge on any atom is -0.399 e. The van der Waals surface area contributed by atoms with E-state index in [1.165, 1.54) is 11.0 Å². The van der Waals surface area contributed by atoms with Crippen molar-refractivity contribution in [3.63, 3.8) is 0 Å². The number of anilines is 1. The fourth-order valence-corrected chi connectivity index (χ4v) is 1.81. The number of nitrogens with zero attached hydrogens (tertiary/aromatic N) is 1. The Morgan fingerprint density at radius 3 is 2.59 bits per heavy atom. The summed E-state index contributed by atoms with van der Waals surface area (Å²) in [4.78, 5) is 25.2. The summed E-state index contributed by atoms with van der Waals surface area (Å²) in [6.07, 6.45) is -0.186. The van der Waals surface area contributed by atoms with Crippen LogP contribution < -0.4 is 5.73 Å². The van der Waals surface area contributed by atoms with Gasteiger partial charge in [0.2, 0.25) is 0 Å². The molecule has 0 saturated heterocycles. The van der Waals surface area contributed by atoms with Gasteiger partial charge in [-0.1, -0.05) is 0 Å². The topological polar surface area (TPSA) is 72.6 Å². The van der Waals surface area contributed by atoms with E-state index in [4.69, 9.17) is 10.5 Å². The van der Waals surface area contributed by atoms with E-state index >= 15 is 0 Å². The molecule has 1 atom stereocenters. The van der Waals surface area contributed by atoms with Crippen molar-refractivity contribution in [1.82, 2.24) is 4.90 Å². The van der Waals surface area contributed by atoms with Crippen molar-refractivity contribution in [3.8, 4) is 0 Å². The number of carbonyl (C=O) groups excluding carboxylic acids is 2. The average Bonchev–Trinajstić information content (AvgIpc) is 2.54. The Hall–Kier alpha value is -1.88. The zero-order valence-corrected chi connectivity index (χ0v) is 9.77. The highest BCUT2D eigenvalue weighted by molar-refractivity contribution is 6.21. The van der Waals surface area contributed by atoms with Gasteiger partial charge in [-0.25, -0.2) is 0 Å². The Morgan fingerprint density at radius 1 is 1.29 bits per heavy atom. The maximum absolute atomic E-state index is 12.0. The molecule has 1 unspecified atom stereocenters. The Morgan fingerprint density at radius 2 is 1.94 bits per heavy atom. The summed E-state index contributed by atoms with van der Waals surface area (Å²) in [5.74, 6) is -0.588. The van der Waals surface area contributed by atoms with Gasteiger partial charge in [-0.3, -0.25) is 14.5 Å². The molecule has 5 nitrogen and oxygen atoms in total. The third-order valence-corrected chi connectivity index (χ3v) is 2.84. The SMILES string of the molecule is COC(C)CN1C(=O)c2ccc(N)cc2C1=O. The number of ether oxygens (including phenoxy) is 1. The second kappa shape index (κ2) is 4.18. The highest BCUT2D eigenvalue weighted by Gasteiger charge is 2.36. The summed E-state index contributed by atoms with van der Waals surface area (Å²) in [7, 11) is 1.54. The van der Waals surface area contributed by atoms with E-state index in [0.717, 1.165) is 0 Å². The molecule has 5 heteroatoms. The third-order valence-electron chi connectivity index (χ3n) is 2.84. The van der Waals surface area contributed by atoms with Crippen molar-refractivity contribution in [2.75, 3.05) is 19.4 Å². The second-order valence-electron chi connectivity index (χ2n) is 4.07. The zero-order chi connectivity index (χ0) is 12.6. The van der Waals surface area contributed by atoms with Gasteiger partial charge >= 0.3 is 0 Å². The molecular formula is C12H14N2O3. The molecule has 17 heavy (non-hydrogen) atoms. The van der Waals surface area contributed by atoms with Gasteiger partial charge in [0, 0.05) is 12.8 Å². The molecule has 1 aromatic carbocycles. The molecule has 0 bridgehead atoms.